The smallest absolute Gasteiger partial charge is 0.211 e. The van der Waals surface area contributed by atoms with Gasteiger partial charge in [0, 0.05) is 0 Å². The van der Waals surface area contributed by atoms with Crippen LogP contribution in [0, 0.1) is 23.7 Å². The standard InChI is InChI=1S/C35H40O2/c1-3-22(2)23-15-17-27(18-16-23)36-35(37-33-21-26-20-32(33)31-14-8-13-28(26)31)34-29-11-6-4-9-24(29)19-25-10-5-7-12-30(25)34/h4-7,9-12,15-18,22,26,28,31-35H,3,8,13-14,19-21H2,1-2H3. The van der Waals surface area contributed by atoms with E-state index in [2.05, 4.69) is 86.6 Å². The quantitative estimate of drug-likeness (QED) is 0.308. The Morgan fingerprint density at radius 2 is 1.46 bits per heavy atom. The summed E-state index contributed by atoms with van der Waals surface area (Å²) in [6.07, 6.45) is 8.97. The third-order valence-corrected chi connectivity index (χ3v) is 10.4. The van der Waals surface area contributed by atoms with Gasteiger partial charge >= 0.3 is 0 Å². The molecule has 4 aliphatic carbocycles. The molecule has 3 aromatic carbocycles. The van der Waals surface area contributed by atoms with Gasteiger partial charge in [0.05, 0.1) is 12.0 Å². The van der Waals surface area contributed by atoms with Crippen molar-refractivity contribution < 1.29 is 9.47 Å². The van der Waals surface area contributed by atoms with Crippen molar-refractivity contribution in [2.45, 2.75) is 83.0 Å². The molecular formula is C35H40O2. The summed E-state index contributed by atoms with van der Waals surface area (Å²) in [4.78, 5) is 0. The van der Waals surface area contributed by atoms with Crippen molar-refractivity contribution in [1.82, 2.24) is 0 Å². The Kier molecular flexibility index (Phi) is 6.12. The van der Waals surface area contributed by atoms with Crippen LogP contribution in [0.15, 0.2) is 72.8 Å². The van der Waals surface area contributed by atoms with Gasteiger partial charge in [-0.05, 0) is 108 Å². The first-order valence-corrected chi connectivity index (χ1v) is 14.8. The highest BCUT2D eigenvalue weighted by molar-refractivity contribution is 5.50. The Bertz CT molecular complexity index is 1200. The normalized spacial score (nSPS) is 29.4. The molecule has 7 unspecified atom stereocenters. The number of benzene rings is 3. The lowest BCUT2D eigenvalue weighted by Crippen LogP contribution is -2.39. The highest BCUT2D eigenvalue weighted by atomic mass is 16.7. The maximum absolute atomic E-state index is 7.19. The summed E-state index contributed by atoms with van der Waals surface area (Å²) in [5, 5.41) is 0. The second-order valence-corrected chi connectivity index (χ2v) is 12.2. The highest BCUT2D eigenvalue weighted by Gasteiger charge is 2.55. The van der Waals surface area contributed by atoms with Crippen LogP contribution in [0.5, 0.6) is 5.75 Å². The van der Waals surface area contributed by atoms with Crippen molar-refractivity contribution in [2.24, 2.45) is 23.7 Å². The van der Waals surface area contributed by atoms with E-state index in [1.54, 1.807) is 0 Å². The van der Waals surface area contributed by atoms with E-state index in [0.717, 1.165) is 36.3 Å². The van der Waals surface area contributed by atoms with Gasteiger partial charge in [-0.15, -0.1) is 0 Å². The molecule has 0 saturated heterocycles. The summed E-state index contributed by atoms with van der Waals surface area (Å²) in [6, 6.07) is 26.7. The molecule has 0 aliphatic heterocycles. The second-order valence-electron chi connectivity index (χ2n) is 12.2. The topological polar surface area (TPSA) is 18.5 Å². The molecule has 3 aromatic rings. The van der Waals surface area contributed by atoms with Crippen LogP contribution in [0.25, 0.3) is 0 Å². The molecule has 37 heavy (non-hydrogen) atoms. The third kappa shape index (κ3) is 4.13. The number of fused-ring (bicyclic) bond motifs is 7. The molecule has 3 fully saturated rings. The molecular weight excluding hydrogens is 452 g/mol. The van der Waals surface area contributed by atoms with Gasteiger partial charge in [0.2, 0.25) is 6.29 Å². The maximum Gasteiger partial charge on any atom is 0.211 e. The van der Waals surface area contributed by atoms with Crippen LogP contribution in [-0.2, 0) is 11.2 Å². The summed E-state index contributed by atoms with van der Waals surface area (Å²) < 4.78 is 14.1. The molecule has 192 valence electrons. The minimum Gasteiger partial charge on any atom is -0.464 e. The molecule has 0 aromatic heterocycles. The molecule has 0 amide bonds. The summed E-state index contributed by atoms with van der Waals surface area (Å²) in [7, 11) is 0. The van der Waals surface area contributed by atoms with Gasteiger partial charge in [0.15, 0.2) is 0 Å². The number of hydrogen-bond donors (Lipinski definition) is 0. The molecule has 2 nitrogen and oxygen atoms in total. The van der Waals surface area contributed by atoms with Crippen molar-refractivity contribution in [3.63, 3.8) is 0 Å². The zero-order chi connectivity index (χ0) is 24.9. The zero-order valence-electron chi connectivity index (χ0n) is 22.3. The molecule has 0 heterocycles. The lowest BCUT2D eigenvalue weighted by atomic mass is 9.77. The average molecular weight is 493 g/mol. The first kappa shape index (κ1) is 23.5. The molecule has 2 heteroatoms. The largest absolute Gasteiger partial charge is 0.464 e. The van der Waals surface area contributed by atoms with Gasteiger partial charge in [-0.2, -0.15) is 0 Å². The van der Waals surface area contributed by atoms with Crippen molar-refractivity contribution >= 4 is 0 Å². The Hall–Kier alpha value is -2.58. The van der Waals surface area contributed by atoms with Crippen LogP contribution in [0.1, 0.15) is 92.0 Å². The second kappa shape index (κ2) is 9.62. The Morgan fingerprint density at radius 3 is 2.16 bits per heavy atom. The van der Waals surface area contributed by atoms with E-state index in [-0.39, 0.29) is 12.2 Å². The van der Waals surface area contributed by atoms with Crippen LogP contribution in [-0.4, -0.2) is 12.4 Å². The Labute approximate surface area is 222 Å². The van der Waals surface area contributed by atoms with Crippen LogP contribution in [0.3, 0.4) is 0 Å². The van der Waals surface area contributed by atoms with Crippen LogP contribution < -0.4 is 4.74 Å². The molecule has 4 aliphatic rings. The molecule has 3 saturated carbocycles. The van der Waals surface area contributed by atoms with Crippen molar-refractivity contribution in [1.29, 1.82) is 0 Å². The minimum absolute atomic E-state index is 0.0777. The van der Waals surface area contributed by atoms with E-state index in [1.165, 1.54) is 59.9 Å². The first-order chi connectivity index (χ1) is 18.2. The number of rotatable bonds is 7. The lowest BCUT2D eigenvalue weighted by Gasteiger charge is -2.39. The number of hydrogen-bond acceptors (Lipinski definition) is 2. The Morgan fingerprint density at radius 1 is 0.784 bits per heavy atom. The van der Waals surface area contributed by atoms with E-state index < -0.39 is 0 Å². The van der Waals surface area contributed by atoms with E-state index in [0.29, 0.717) is 17.9 Å². The van der Waals surface area contributed by atoms with Crippen LogP contribution in [0.4, 0.5) is 0 Å². The molecule has 0 radical (unpaired) electrons. The van der Waals surface area contributed by atoms with Gasteiger partial charge in [0.25, 0.3) is 0 Å². The van der Waals surface area contributed by atoms with Crippen molar-refractivity contribution in [3.05, 3.63) is 101 Å². The zero-order valence-corrected chi connectivity index (χ0v) is 22.3. The fourth-order valence-corrected chi connectivity index (χ4v) is 8.42. The average Bonchev–Trinajstić information content (AvgIpc) is 3.66. The van der Waals surface area contributed by atoms with Gasteiger partial charge in [-0.25, -0.2) is 0 Å². The van der Waals surface area contributed by atoms with E-state index in [1.807, 2.05) is 0 Å². The SMILES string of the molecule is CCC(C)c1ccc(OC(OC2CC3CC2C2CCCC32)C2c3ccccc3Cc3ccccc32)cc1. The van der Waals surface area contributed by atoms with E-state index in [9.17, 15) is 0 Å². The van der Waals surface area contributed by atoms with Crippen molar-refractivity contribution in [2.75, 3.05) is 0 Å². The lowest BCUT2D eigenvalue weighted by molar-refractivity contribution is -0.149. The molecule has 2 bridgehead atoms. The summed E-state index contributed by atoms with van der Waals surface area (Å²) in [5.41, 5.74) is 6.91. The number of ether oxygens (including phenoxy) is 2. The summed E-state index contributed by atoms with van der Waals surface area (Å²) in [6.45, 7) is 4.55. The summed E-state index contributed by atoms with van der Waals surface area (Å²) in [5.74, 6) is 4.98. The first-order valence-electron chi connectivity index (χ1n) is 14.8. The van der Waals surface area contributed by atoms with E-state index >= 15 is 0 Å². The molecule has 7 atom stereocenters. The van der Waals surface area contributed by atoms with Crippen molar-refractivity contribution in [3.8, 4) is 5.75 Å². The van der Waals surface area contributed by atoms with Gasteiger partial charge in [-0.3, -0.25) is 0 Å². The van der Waals surface area contributed by atoms with Gasteiger partial charge in [-0.1, -0.05) is 80.9 Å². The molecule has 0 spiro atoms. The van der Waals surface area contributed by atoms with Gasteiger partial charge in [0.1, 0.15) is 5.75 Å². The third-order valence-electron chi connectivity index (χ3n) is 10.4. The van der Waals surface area contributed by atoms with Crippen LogP contribution in [0.2, 0.25) is 0 Å². The fourth-order valence-electron chi connectivity index (χ4n) is 8.42. The van der Waals surface area contributed by atoms with E-state index in [4.69, 9.17) is 9.47 Å². The van der Waals surface area contributed by atoms with Gasteiger partial charge < -0.3 is 9.47 Å². The molecule has 7 rings (SSSR count). The fraction of sp³-hybridized carbons (Fsp3) is 0.486. The van der Waals surface area contributed by atoms with Crippen LogP contribution >= 0.6 is 0 Å². The minimum atomic E-state index is -0.332. The predicted octanol–water partition coefficient (Wildman–Crippen LogP) is 8.48. The molecule has 0 N–H and O–H groups in total. The highest BCUT2D eigenvalue weighted by Crippen LogP contribution is 2.60. The summed E-state index contributed by atoms with van der Waals surface area (Å²) >= 11 is 0. The Balaban J connectivity index is 1.24. The monoisotopic (exact) mass is 492 g/mol. The maximum atomic E-state index is 7.19. The predicted molar refractivity (Wildman–Crippen MR) is 149 cm³/mol.